The zero-order valence-corrected chi connectivity index (χ0v) is 19.2. The van der Waals surface area contributed by atoms with Crippen molar-refractivity contribution in [2.45, 2.75) is 13.0 Å². The van der Waals surface area contributed by atoms with E-state index in [1.165, 1.54) is 38.3 Å². The average Bonchev–Trinajstić information content (AvgIpc) is 2.80. The predicted octanol–water partition coefficient (Wildman–Crippen LogP) is 4.06. The molecule has 0 heterocycles. The van der Waals surface area contributed by atoms with Gasteiger partial charge in [-0.2, -0.15) is 0 Å². The van der Waals surface area contributed by atoms with Crippen molar-refractivity contribution in [3.63, 3.8) is 0 Å². The highest BCUT2D eigenvalue weighted by atomic mass is 32.2. The van der Waals surface area contributed by atoms with E-state index >= 15 is 0 Å². The van der Waals surface area contributed by atoms with Gasteiger partial charge in [-0.05, 0) is 67.6 Å². The maximum absolute atomic E-state index is 12.8. The Labute approximate surface area is 192 Å². The van der Waals surface area contributed by atoms with Crippen LogP contribution >= 0.6 is 0 Å². The summed E-state index contributed by atoms with van der Waals surface area (Å²) in [6, 6.07) is 20.7. The number of anilines is 2. The van der Waals surface area contributed by atoms with Crippen molar-refractivity contribution >= 4 is 33.3 Å². The molecule has 1 atom stereocenters. The van der Waals surface area contributed by atoms with Crippen molar-refractivity contribution in [1.82, 2.24) is 0 Å². The summed E-state index contributed by atoms with van der Waals surface area (Å²) in [5, 5.41) is 2.67. The quantitative estimate of drug-likeness (QED) is 0.500. The summed E-state index contributed by atoms with van der Waals surface area (Å²) in [4.78, 5) is 24.4. The predicted molar refractivity (Wildman–Crippen MR) is 126 cm³/mol. The molecule has 0 aromatic heterocycles. The molecule has 8 nitrogen and oxygen atoms in total. The minimum absolute atomic E-state index is 0.321. The van der Waals surface area contributed by atoms with Crippen LogP contribution in [0.15, 0.2) is 78.9 Å². The molecule has 3 rings (SSSR count). The molecule has 3 aromatic rings. The summed E-state index contributed by atoms with van der Waals surface area (Å²) < 4.78 is 36.5. The molecular weight excluding hydrogens is 444 g/mol. The Morgan fingerprint density at radius 1 is 0.879 bits per heavy atom. The molecule has 0 bridgehead atoms. The molecule has 0 aliphatic carbocycles. The number of para-hydroxylation sites is 1. The molecule has 0 saturated carbocycles. The molecule has 1 N–H and O–H groups in total. The van der Waals surface area contributed by atoms with Gasteiger partial charge in [0.1, 0.15) is 17.5 Å². The van der Waals surface area contributed by atoms with Crippen LogP contribution in [0.25, 0.3) is 0 Å². The Balaban J connectivity index is 1.76. The van der Waals surface area contributed by atoms with Gasteiger partial charge in [0.2, 0.25) is 15.9 Å². The maximum atomic E-state index is 12.8. The summed E-state index contributed by atoms with van der Waals surface area (Å²) in [6.45, 7) is 1.49. The standard InChI is InChI=1S/C24H24N2O6S/c1-17(23(27)25-19-11-9-18(10-12-19)24(28)31-2)26(33(3,29)30)20-13-15-22(16-14-20)32-21-7-5-4-6-8-21/h4-17H,1-3H3,(H,25,27)/t17-/m0/s1. The monoisotopic (exact) mass is 468 g/mol. The van der Waals surface area contributed by atoms with Crippen molar-refractivity contribution in [1.29, 1.82) is 0 Å². The molecule has 9 heteroatoms. The minimum Gasteiger partial charge on any atom is -0.465 e. The van der Waals surface area contributed by atoms with Crippen molar-refractivity contribution in [2.24, 2.45) is 0 Å². The largest absolute Gasteiger partial charge is 0.465 e. The third-order valence-corrected chi connectivity index (χ3v) is 5.97. The molecule has 0 radical (unpaired) electrons. The second-order valence-electron chi connectivity index (χ2n) is 7.20. The molecule has 0 unspecified atom stereocenters. The number of nitrogens with zero attached hydrogens (tertiary/aromatic N) is 1. The van der Waals surface area contributed by atoms with Gasteiger partial charge in [0.15, 0.2) is 0 Å². The Morgan fingerprint density at radius 3 is 2.00 bits per heavy atom. The molecule has 0 fully saturated rings. The van der Waals surface area contributed by atoms with Gasteiger partial charge in [-0.25, -0.2) is 13.2 Å². The van der Waals surface area contributed by atoms with Crippen molar-refractivity contribution in [3.8, 4) is 11.5 Å². The van der Waals surface area contributed by atoms with Gasteiger partial charge in [0.05, 0.1) is 24.6 Å². The second kappa shape index (κ2) is 10.2. The van der Waals surface area contributed by atoms with Gasteiger partial charge in [-0.1, -0.05) is 18.2 Å². The lowest BCUT2D eigenvalue weighted by Gasteiger charge is -2.28. The third kappa shape index (κ3) is 6.11. The zero-order valence-electron chi connectivity index (χ0n) is 18.4. The van der Waals surface area contributed by atoms with Gasteiger partial charge in [0, 0.05) is 5.69 Å². The number of hydrogen-bond acceptors (Lipinski definition) is 6. The summed E-state index contributed by atoms with van der Waals surface area (Å²) >= 11 is 0. The molecule has 0 saturated heterocycles. The number of sulfonamides is 1. The fourth-order valence-corrected chi connectivity index (χ4v) is 4.32. The number of nitrogens with one attached hydrogen (secondary N) is 1. The lowest BCUT2D eigenvalue weighted by atomic mass is 10.2. The molecular formula is C24H24N2O6S. The number of benzene rings is 3. The number of ether oxygens (including phenoxy) is 2. The van der Waals surface area contributed by atoms with E-state index < -0.39 is 27.9 Å². The third-order valence-electron chi connectivity index (χ3n) is 4.73. The van der Waals surface area contributed by atoms with E-state index in [1.807, 2.05) is 18.2 Å². The Kier molecular flexibility index (Phi) is 7.34. The van der Waals surface area contributed by atoms with E-state index in [0.29, 0.717) is 28.4 Å². The van der Waals surface area contributed by atoms with Gasteiger partial charge >= 0.3 is 5.97 Å². The van der Waals surface area contributed by atoms with Crippen LogP contribution in [0.5, 0.6) is 11.5 Å². The Morgan fingerprint density at radius 2 is 1.45 bits per heavy atom. The van der Waals surface area contributed by atoms with E-state index in [0.717, 1.165) is 10.6 Å². The lowest BCUT2D eigenvalue weighted by Crippen LogP contribution is -2.45. The van der Waals surface area contributed by atoms with E-state index in [2.05, 4.69) is 10.1 Å². The van der Waals surface area contributed by atoms with Crippen LogP contribution in [-0.2, 0) is 19.6 Å². The number of hydrogen-bond donors (Lipinski definition) is 1. The van der Waals surface area contributed by atoms with Gasteiger partial charge in [-0.15, -0.1) is 0 Å². The first kappa shape index (κ1) is 23.8. The number of rotatable bonds is 8. The summed E-state index contributed by atoms with van der Waals surface area (Å²) in [7, 11) is -2.50. The first-order valence-electron chi connectivity index (χ1n) is 10.0. The van der Waals surface area contributed by atoms with Gasteiger partial charge < -0.3 is 14.8 Å². The molecule has 33 heavy (non-hydrogen) atoms. The maximum Gasteiger partial charge on any atom is 0.337 e. The highest BCUT2D eigenvalue weighted by Crippen LogP contribution is 2.27. The second-order valence-corrected chi connectivity index (χ2v) is 9.06. The van der Waals surface area contributed by atoms with Crippen LogP contribution in [0.3, 0.4) is 0 Å². The SMILES string of the molecule is COC(=O)c1ccc(NC(=O)[C@H](C)N(c2ccc(Oc3ccccc3)cc2)S(C)(=O)=O)cc1. The molecule has 172 valence electrons. The van der Waals surface area contributed by atoms with Crippen molar-refractivity contribution in [3.05, 3.63) is 84.4 Å². The van der Waals surface area contributed by atoms with E-state index in [9.17, 15) is 18.0 Å². The Bertz CT molecular complexity index is 1210. The van der Waals surface area contributed by atoms with Crippen LogP contribution in [0, 0.1) is 0 Å². The highest BCUT2D eigenvalue weighted by Gasteiger charge is 2.29. The number of carbonyl (C=O) groups excluding carboxylic acids is 2. The summed E-state index contributed by atoms with van der Waals surface area (Å²) in [6.07, 6.45) is 1.04. The van der Waals surface area contributed by atoms with Gasteiger partial charge in [0.25, 0.3) is 0 Å². The molecule has 3 aromatic carbocycles. The normalized spacial score (nSPS) is 11.8. The van der Waals surface area contributed by atoms with Crippen molar-refractivity contribution < 1.29 is 27.5 Å². The fraction of sp³-hybridized carbons (Fsp3) is 0.167. The zero-order chi connectivity index (χ0) is 24.0. The van der Waals surface area contributed by atoms with E-state index in [4.69, 9.17) is 4.74 Å². The van der Waals surface area contributed by atoms with Crippen LogP contribution in [-0.4, -0.2) is 39.7 Å². The number of esters is 1. The van der Waals surface area contributed by atoms with E-state index in [1.54, 1.807) is 36.4 Å². The fourth-order valence-electron chi connectivity index (χ4n) is 3.15. The molecule has 0 spiro atoms. The lowest BCUT2D eigenvalue weighted by molar-refractivity contribution is -0.116. The topological polar surface area (TPSA) is 102 Å². The molecule has 0 aliphatic heterocycles. The highest BCUT2D eigenvalue weighted by molar-refractivity contribution is 7.92. The molecule has 0 aliphatic rings. The first-order valence-corrected chi connectivity index (χ1v) is 11.9. The summed E-state index contributed by atoms with van der Waals surface area (Å²) in [5.41, 5.74) is 1.07. The van der Waals surface area contributed by atoms with Crippen molar-refractivity contribution in [2.75, 3.05) is 23.0 Å². The van der Waals surface area contributed by atoms with Crippen LogP contribution < -0.4 is 14.4 Å². The molecule has 1 amide bonds. The number of methoxy groups -OCH3 is 1. The van der Waals surface area contributed by atoms with Gasteiger partial charge in [-0.3, -0.25) is 9.10 Å². The Hall–Kier alpha value is -3.85. The number of amides is 1. The number of carbonyl (C=O) groups is 2. The summed E-state index contributed by atoms with van der Waals surface area (Å²) in [5.74, 6) is 0.150. The van der Waals surface area contributed by atoms with Crippen LogP contribution in [0.4, 0.5) is 11.4 Å². The minimum atomic E-state index is -3.78. The van der Waals surface area contributed by atoms with Crippen LogP contribution in [0.2, 0.25) is 0 Å². The first-order chi connectivity index (χ1) is 15.7. The van der Waals surface area contributed by atoms with E-state index in [-0.39, 0.29) is 0 Å². The van der Waals surface area contributed by atoms with Crippen LogP contribution in [0.1, 0.15) is 17.3 Å². The average molecular weight is 469 g/mol. The smallest absolute Gasteiger partial charge is 0.337 e.